The molecule has 0 unspecified atom stereocenters. The third-order valence-corrected chi connectivity index (χ3v) is 6.64. The van der Waals surface area contributed by atoms with E-state index in [4.69, 9.17) is 4.74 Å². The number of nitrogens with one attached hydrogen (secondary N) is 1. The van der Waals surface area contributed by atoms with Crippen LogP contribution in [0.15, 0.2) is 60.7 Å². The molecule has 8 heteroatoms. The molecule has 2 N–H and O–H groups in total. The molecule has 0 radical (unpaired) electrons. The number of phenols is 1. The average molecular weight is 466 g/mol. The molecule has 1 aliphatic rings. The second-order valence-corrected chi connectivity index (χ2v) is 8.82. The molecular weight excluding hydrogens is 438 g/mol. The zero-order valence-corrected chi connectivity index (χ0v) is 19.3. The summed E-state index contributed by atoms with van der Waals surface area (Å²) in [5.41, 5.74) is 2.53. The average Bonchev–Trinajstić information content (AvgIpc) is 3.24. The lowest BCUT2D eigenvalue weighted by atomic mass is 10.2. The van der Waals surface area contributed by atoms with Crippen LogP contribution in [-0.4, -0.2) is 61.2 Å². The minimum absolute atomic E-state index is 0.156. The number of carbonyl (C=O) groups excluding carboxylic acids is 2. The molecule has 0 bridgehead atoms. The summed E-state index contributed by atoms with van der Waals surface area (Å²) in [4.78, 5) is 30.9. The maximum Gasteiger partial charge on any atom is 0.350 e. The summed E-state index contributed by atoms with van der Waals surface area (Å²) < 4.78 is 5.20. The number of aromatic hydroxyl groups is 1. The predicted octanol–water partition coefficient (Wildman–Crippen LogP) is 4.06. The number of hydrogen-bond acceptors (Lipinski definition) is 7. The molecule has 1 aromatic heterocycles. The molecule has 1 aliphatic heterocycles. The molecule has 1 saturated heterocycles. The van der Waals surface area contributed by atoms with Crippen molar-refractivity contribution in [3.05, 3.63) is 65.5 Å². The summed E-state index contributed by atoms with van der Waals surface area (Å²) >= 11 is 1.32. The van der Waals surface area contributed by atoms with Gasteiger partial charge < -0.3 is 20.1 Å². The first-order chi connectivity index (χ1) is 16.0. The van der Waals surface area contributed by atoms with Gasteiger partial charge in [0.1, 0.15) is 10.6 Å². The van der Waals surface area contributed by atoms with Crippen LogP contribution in [0.1, 0.15) is 16.6 Å². The number of piperazine rings is 1. The van der Waals surface area contributed by atoms with E-state index in [0.29, 0.717) is 10.6 Å². The molecule has 1 amide bonds. The number of rotatable bonds is 7. The maximum atomic E-state index is 12.8. The molecule has 1 fully saturated rings. The van der Waals surface area contributed by atoms with E-state index in [1.54, 1.807) is 19.1 Å². The molecule has 0 atom stereocenters. The molecule has 2 heterocycles. The highest BCUT2D eigenvalue weighted by Gasteiger charge is 2.23. The summed E-state index contributed by atoms with van der Waals surface area (Å²) in [6.07, 6.45) is 0. The van der Waals surface area contributed by atoms with Gasteiger partial charge in [-0.15, -0.1) is 11.3 Å². The van der Waals surface area contributed by atoms with Gasteiger partial charge in [-0.2, -0.15) is 0 Å². The van der Waals surface area contributed by atoms with Gasteiger partial charge in [-0.25, -0.2) is 4.79 Å². The number of thiophene rings is 1. The number of phenolic OH excluding ortho intramolecular Hbond substituents is 1. The van der Waals surface area contributed by atoms with Crippen LogP contribution in [0, 0.1) is 0 Å². The highest BCUT2D eigenvalue weighted by molar-refractivity contribution is 7.18. The smallest absolute Gasteiger partial charge is 0.350 e. The van der Waals surface area contributed by atoms with Crippen molar-refractivity contribution in [3.63, 3.8) is 0 Å². The first kappa shape index (κ1) is 22.8. The molecule has 0 spiro atoms. The first-order valence-electron chi connectivity index (χ1n) is 11.0. The fourth-order valence-corrected chi connectivity index (χ4v) is 4.81. The van der Waals surface area contributed by atoms with E-state index in [1.165, 1.54) is 11.3 Å². The second kappa shape index (κ2) is 10.5. The van der Waals surface area contributed by atoms with Gasteiger partial charge in [0.25, 0.3) is 0 Å². The van der Waals surface area contributed by atoms with E-state index in [2.05, 4.69) is 15.1 Å². The van der Waals surface area contributed by atoms with Crippen molar-refractivity contribution < 1.29 is 19.4 Å². The highest BCUT2D eigenvalue weighted by atomic mass is 32.1. The van der Waals surface area contributed by atoms with E-state index in [9.17, 15) is 14.7 Å². The molecule has 0 saturated carbocycles. The van der Waals surface area contributed by atoms with Gasteiger partial charge in [-0.1, -0.05) is 30.3 Å². The maximum absolute atomic E-state index is 12.8. The Balaban J connectivity index is 1.39. The topological polar surface area (TPSA) is 82.1 Å². The largest absolute Gasteiger partial charge is 0.508 e. The molecule has 0 aliphatic carbocycles. The Labute approximate surface area is 197 Å². The first-order valence-corrected chi connectivity index (χ1v) is 11.8. The quantitative estimate of drug-likeness (QED) is 0.512. The summed E-state index contributed by atoms with van der Waals surface area (Å²) in [7, 11) is 0. The van der Waals surface area contributed by atoms with Crippen molar-refractivity contribution in [2.75, 3.05) is 49.5 Å². The van der Waals surface area contributed by atoms with E-state index in [1.807, 2.05) is 48.5 Å². The lowest BCUT2D eigenvalue weighted by Gasteiger charge is -2.35. The number of carbonyl (C=O) groups is 2. The number of benzene rings is 2. The molecule has 33 heavy (non-hydrogen) atoms. The number of amides is 1. The van der Waals surface area contributed by atoms with E-state index >= 15 is 0 Å². The van der Waals surface area contributed by atoms with Crippen molar-refractivity contribution in [2.45, 2.75) is 6.92 Å². The minimum atomic E-state index is -0.428. The molecule has 172 valence electrons. The van der Waals surface area contributed by atoms with Crippen molar-refractivity contribution in [1.82, 2.24) is 4.90 Å². The number of anilines is 2. The zero-order chi connectivity index (χ0) is 23.2. The SMILES string of the molecule is CCOC(=O)c1sc(-c2ccccc2)cc1NC(=O)CN1CCN(c2ccc(O)cc2)CC1. The number of hydrogen-bond donors (Lipinski definition) is 2. The fourth-order valence-electron chi connectivity index (χ4n) is 3.80. The van der Waals surface area contributed by atoms with Gasteiger partial charge in [-0.05, 0) is 42.8 Å². The fraction of sp³-hybridized carbons (Fsp3) is 0.280. The molecule has 7 nitrogen and oxygen atoms in total. The highest BCUT2D eigenvalue weighted by Crippen LogP contribution is 2.35. The Morgan fingerprint density at radius 3 is 2.39 bits per heavy atom. The van der Waals surface area contributed by atoms with Crippen LogP contribution in [-0.2, 0) is 9.53 Å². The van der Waals surface area contributed by atoms with Gasteiger partial charge in [0, 0.05) is 36.7 Å². The van der Waals surface area contributed by atoms with Crippen LogP contribution >= 0.6 is 11.3 Å². The van der Waals surface area contributed by atoms with Crippen LogP contribution in [0.2, 0.25) is 0 Å². The Kier molecular flexibility index (Phi) is 7.26. The van der Waals surface area contributed by atoms with Gasteiger partial charge in [0.15, 0.2) is 0 Å². The zero-order valence-electron chi connectivity index (χ0n) is 18.5. The summed E-state index contributed by atoms with van der Waals surface area (Å²) in [6, 6.07) is 18.8. The summed E-state index contributed by atoms with van der Waals surface area (Å²) in [5.74, 6) is -0.335. The standard InChI is InChI=1S/C25H27N3O4S/c1-2-32-25(31)24-21(16-22(33-24)18-6-4-3-5-7-18)26-23(30)17-27-12-14-28(15-13-27)19-8-10-20(29)11-9-19/h3-11,16,29H,2,12-15,17H2,1H3,(H,26,30). The van der Waals surface area contributed by atoms with E-state index in [-0.39, 0.29) is 24.8 Å². The summed E-state index contributed by atoms with van der Waals surface area (Å²) in [6.45, 7) is 5.37. The van der Waals surface area contributed by atoms with E-state index < -0.39 is 5.97 Å². The monoisotopic (exact) mass is 465 g/mol. The lowest BCUT2D eigenvalue weighted by molar-refractivity contribution is -0.117. The minimum Gasteiger partial charge on any atom is -0.508 e. The van der Waals surface area contributed by atoms with Gasteiger partial charge >= 0.3 is 5.97 Å². The van der Waals surface area contributed by atoms with Crippen LogP contribution in [0.5, 0.6) is 5.75 Å². The van der Waals surface area contributed by atoms with Crippen LogP contribution in [0.3, 0.4) is 0 Å². The van der Waals surface area contributed by atoms with Crippen LogP contribution in [0.25, 0.3) is 10.4 Å². The van der Waals surface area contributed by atoms with Crippen molar-refractivity contribution in [2.24, 2.45) is 0 Å². The van der Waals surface area contributed by atoms with Crippen molar-refractivity contribution in [1.29, 1.82) is 0 Å². The third-order valence-electron chi connectivity index (χ3n) is 5.48. The molecule has 2 aromatic carbocycles. The second-order valence-electron chi connectivity index (χ2n) is 7.77. The Morgan fingerprint density at radius 2 is 1.73 bits per heavy atom. The predicted molar refractivity (Wildman–Crippen MR) is 131 cm³/mol. The Bertz CT molecular complexity index is 1090. The Hall–Kier alpha value is -3.36. The molecule has 3 aromatic rings. The molecule has 4 rings (SSSR count). The normalized spacial score (nSPS) is 14.2. The summed E-state index contributed by atoms with van der Waals surface area (Å²) in [5, 5.41) is 12.4. The number of nitrogens with zero attached hydrogens (tertiary/aromatic N) is 2. The van der Waals surface area contributed by atoms with Crippen LogP contribution < -0.4 is 10.2 Å². The third kappa shape index (κ3) is 5.71. The van der Waals surface area contributed by atoms with Gasteiger partial charge in [0.05, 0.1) is 18.8 Å². The van der Waals surface area contributed by atoms with Crippen molar-refractivity contribution in [3.8, 4) is 16.2 Å². The Morgan fingerprint density at radius 1 is 1.03 bits per heavy atom. The van der Waals surface area contributed by atoms with Crippen LogP contribution in [0.4, 0.5) is 11.4 Å². The molecular formula is C25H27N3O4S. The number of esters is 1. The van der Waals surface area contributed by atoms with Crippen molar-refractivity contribution >= 4 is 34.6 Å². The lowest BCUT2D eigenvalue weighted by Crippen LogP contribution is -2.48. The van der Waals surface area contributed by atoms with Gasteiger partial charge in [-0.3, -0.25) is 9.69 Å². The van der Waals surface area contributed by atoms with E-state index in [0.717, 1.165) is 42.3 Å². The van der Waals surface area contributed by atoms with Gasteiger partial charge in [0.2, 0.25) is 5.91 Å². The number of ether oxygens (including phenoxy) is 1.